The van der Waals surface area contributed by atoms with E-state index in [1.807, 2.05) is 24.3 Å². The maximum Gasteiger partial charge on any atom is 0.338 e. The van der Waals surface area contributed by atoms with Crippen LogP contribution in [0.2, 0.25) is 0 Å². The molecule has 0 aliphatic rings. The third kappa shape index (κ3) is 2.11. The fourth-order valence-electron chi connectivity index (χ4n) is 1.57. The summed E-state index contributed by atoms with van der Waals surface area (Å²) in [6.45, 7) is 0. The van der Waals surface area contributed by atoms with Crippen molar-refractivity contribution in [1.82, 2.24) is 10.2 Å². The van der Waals surface area contributed by atoms with E-state index in [1.54, 1.807) is 12.3 Å². The average molecular weight is 216 g/mol. The molecule has 0 unspecified atom stereocenters. The van der Waals surface area contributed by atoms with Crippen molar-refractivity contribution in [2.24, 2.45) is 0 Å². The summed E-state index contributed by atoms with van der Waals surface area (Å²) in [6.07, 6.45) is 2.33. The molecule has 1 N–H and O–H groups in total. The van der Waals surface area contributed by atoms with Crippen LogP contribution in [0.5, 0.6) is 0 Å². The van der Waals surface area contributed by atoms with Gasteiger partial charge in [-0.25, -0.2) is 4.79 Å². The quantitative estimate of drug-likeness (QED) is 0.796. The lowest BCUT2D eigenvalue weighted by molar-refractivity contribution is 0.0599. The molecule has 2 rings (SSSR count). The fourth-order valence-corrected chi connectivity index (χ4v) is 1.57. The third-order valence-electron chi connectivity index (χ3n) is 2.36. The smallest absolute Gasteiger partial charge is 0.338 e. The van der Waals surface area contributed by atoms with Gasteiger partial charge in [0.15, 0.2) is 0 Å². The Bertz CT molecular complexity index is 478. The molecule has 0 aliphatic carbocycles. The van der Waals surface area contributed by atoms with E-state index in [2.05, 4.69) is 10.2 Å². The number of benzene rings is 1. The molecule has 0 atom stereocenters. The Morgan fingerprint density at radius 3 is 2.88 bits per heavy atom. The lowest BCUT2D eigenvalue weighted by Gasteiger charge is -2.06. The number of carbonyl (C=O) groups is 1. The van der Waals surface area contributed by atoms with Crippen molar-refractivity contribution in [2.45, 2.75) is 6.42 Å². The van der Waals surface area contributed by atoms with Gasteiger partial charge in [0, 0.05) is 18.3 Å². The van der Waals surface area contributed by atoms with Gasteiger partial charge in [-0.1, -0.05) is 18.2 Å². The largest absolute Gasteiger partial charge is 0.465 e. The molecule has 0 spiro atoms. The summed E-state index contributed by atoms with van der Waals surface area (Å²) in [6, 6.07) is 9.28. The van der Waals surface area contributed by atoms with Gasteiger partial charge in [-0.2, -0.15) is 5.10 Å². The van der Waals surface area contributed by atoms with Gasteiger partial charge in [0.25, 0.3) is 0 Å². The maximum atomic E-state index is 11.5. The number of rotatable bonds is 3. The van der Waals surface area contributed by atoms with Gasteiger partial charge in [-0.15, -0.1) is 0 Å². The third-order valence-corrected chi connectivity index (χ3v) is 2.36. The second kappa shape index (κ2) is 4.61. The van der Waals surface area contributed by atoms with E-state index in [0.717, 1.165) is 11.3 Å². The lowest BCUT2D eigenvalue weighted by atomic mass is 10.0. The Kier molecular flexibility index (Phi) is 3.00. The highest BCUT2D eigenvalue weighted by atomic mass is 16.5. The standard InChI is InChI=1S/C12H12N2O2/c1-16-12(15)11-5-3-2-4-9(11)8-10-6-7-13-14-10/h2-7H,8H2,1H3,(H,13,14). The maximum absolute atomic E-state index is 11.5. The van der Waals surface area contributed by atoms with E-state index in [9.17, 15) is 4.79 Å². The van der Waals surface area contributed by atoms with E-state index in [-0.39, 0.29) is 5.97 Å². The zero-order chi connectivity index (χ0) is 11.4. The molecule has 0 fully saturated rings. The summed E-state index contributed by atoms with van der Waals surface area (Å²) in [7, 11) is 1.38. The molecule has 1 aromatic heterocycles. The molecule has 0 saturated heterocycles. The van der Waals surface area contributed by atoms with Crippen LogP contribution in [0.4, 0.5) is 0 Å². The van der Waals surface area contributed by atoms with Crippen molar-refractivity contribution in [3.05, 3.63) is 53.3 Å². The number of ether oxygens (including phenoxy) is 1. The van der Waals surface area contributed by atoms with Gasteiger partial charge in [-0.05, 0) is 17.7 Å². The van der Waals surface area contributed by atoms with Gasteiger partial charge in [0.1, 0.15) is 0 Å². The molecule has 1 aromatic carbocycles. The first-order valence-corrected chi connectivity index (χ1v) is 4.95. The summed E-state index contributed by atoms with van der Waals surface area (Å²) in [4.78, 5) is 11.5. The minimum atomic E-state index is -0.310. The number of aromatic amines is 1. The number of methoxy groups -OCH3 is 1. The number of hydrogen-bond donors (Lipinski definition) is 1. The molecule has 16 heavy (non-hydrogen) atoms. The predicted octanol–water partition coefficient (Wildman–Crippen LogP) is 1.79. The topological polar surface area (TPSA) is 55.0 Å². The van der Waals surface area contributed by atoms with Crippen molar-refractivity contribution >= 4 is 5.97 Å². The second-order valence-electron chi connectivity index (χ2n) is 3.41. The number of aromatic nitrogens is 2. The van der Waals surface area contributed by atoms with Gasteiger partial charge in [-0.3, -0.25) is 5.10 Å². The van der Waals surface area contributed by atoms with Crippen LogP contribution in [0.15, 0.2) is 36.5 Å². The van der Waals surface area contributed by atoms with Crippen molar-refractivity contribution in [1.29, 1.82) is 0 Å². The van der Waals surface area contributed by atoms with E-state index >= 15 is 0 Å². The number of esters is 1. The molecule has 0 radical (unpaired) electrons. The molecule has 2 aromatic rings. The highest BCUT2D eigenvalue weighted by Gasteiger charge is 2.11. The highest BCUT2D eigenvalue weighted by molar-refractivity contribution is 5.91. The molecule has 0 aliphatic heterocycles. The first-order valence-electron chi connectivity index (χ1n) is 4.95. The van der Waals surface area contributed by atoms with Crippen LogP contribution in [0.25, 0.3) is 0 Å². The second-order valence-corrected chi connectivity index (χ2v) is 3.41. The Labute approximate surface area is 93.3 Å². The molecule has 0 amide bonds. The molecule has 0 bridgehead atoms. The van der Waals surface area contributed by atoms with Crippen LogP contribution in [0.3, 0.4) is 0 Å². The van der Waals surface area contributed by atoms with E-state index in [0.29, 0.717) is 12.0 Å². The SMILES string of the molecule is COC(=O)c1ccccc1Cc1ccn[nH]1. The van der Waals surface area contributed by atoms with Crippen LogP contribution in [-0.2, 0) is 11.2 Å². The van der Waals surface area contributed by atoms with E-state index in [1.165, 1.54) is 7.11 Å². The monoisotopic (exact) mass is 216 g/mol. The Morgan fingerprint density at radius 2 is 2.19 bits per heavy atom. The normalized spacial score (nSPS) is 10.1. The summed E-state index contributed by atoms with van der Waals surface area (Å²) in [5.74, 6) is -0.310. The Morgan fingerprint density at radius 1 is 1.38 bits per heavy atom. The molecule has 4 nitrogen and oxygen atoms in total. The first-order chi connectivity index (χ1) is 7.81. The Balaban J connectivity index is 2.30. The summed E-state index contributed by atoms with van der Waals surface area (Å²) >= 11 is 0. The zero-order valence-corrected chi connectivity index (χ0v) is 8.93. The van der Waals surface area contributed by atoms with Crippen molar-refractivity contribution in [2.75, 3.05) is 7.11 Å². The number of H-pyrrole nitrogens is 1. The van der Waals surface area contributed by atoms with Crippen molar-refractivity contribution in [3.63, 3.8) is 0 Å². The van der Waals surface area contributed by atoms with Crippen LogP contribution in [0, 0.1) is 0 Å². The number of hydrogen-bond acceptors (Lipinski definition) is 3. The van der Waals surface area contributed by atoms with Crippen LogP contribution >= 0.6 is 0 Å². The number of nitrogens with one attached hydrogen (secondary N) is 1. The van der Waals surface area contributed by atoms with Crippen LogP contribution in [-0.4, -0.2) is 23.3 Å². The fraction of sp³-hybridized carbons (Fsp3) is 0.167. The molecule has 82 valence electrons. The van der Waals surface area contributed by atoms with Gasteiger partial charge >= 0.3 is 5.97 Å². The average Bonchev–Trinajstić information content (AvgIpc) is 2.82. The van der Waals surface area contributed by atoms with Crippen LogP contribution < -0.4 is 0 Å². The van der Waals surface area contributed by atoms with Gasteiger partial charge in [0.2, 0.25) is 0 Å². The van der Waals surface area contributed by atoms with Gasteiger partial charge in [0.05, 0.1) is 12.7 Å². The minimum Gasteiger partial charge on any atom is -0.465 e. The lowest BCUT2D eigenvalue weighted by Crippen LogP contribution is -2.06. The Hall–Kier alpha value is -2.10. The number of nitrogens with zero attached hydrogens (tertiary/aromatic N) is 1. The molecular formula is C12H12N2O2. The zero-order valence-electron chi connectivity index (χ0n) is 8.93. The molecule has 1 heterocycles. The first kappa shape index (κ1) is 10.4. The summed E-state index contributed by atoms with van der Waals surface area (Å²) in [5.41, 5.74) is 2.49. The highest BCUT2D eigenvalue weighted by Crippen LogP contribution is 2.13. The van der Waals surface area contributed by atoms with Crippen molar-refractivity contribution < 1.29 is 9.53 Å². The van der Waals surface area contributed by atoms with Gasteiger partial charge < -0.3 is 4.74 Å². The summed E-state index contributed by atoms with van der Waals surface area (Å²) < 4.78 is 4.73. The molecule has 4 heteroatoms. The molecule has 0 saturated carbocycles. The van der Waals surface area contributed by atoms with Crippen LogP contribution in [0.1, 0.15) is 21.6 Å². The minimum absolute atomic E-state index is 0.310. The van der Waals surface area contributed by atoms with E-state index in [4.69, 9.17) is 4.74 Å². The summed E-state index contributed by atoms with van der Waals surface area (Å²) in [5, 5.41) is 6.74. The van der Waals surface area contributed by atoms with Crippen molar-refractivity contribution in [3.8, 4) is 0 Å². The number of carbonyl (C=O) groups excluding carboxylic acids is 1. The molecular weight excluding hydrogens is 204 g/mol. The predicted molar refractivity (Wildman–Crippen MR) is 59.2 cm³/mol. The van der Waals surface area contributed by atoms with E-state index < -0.39 is 0 Å².